The zero-order chi connectivity index (χ0) is 16.6. The number of nitrogens with zero attached hydrogens (tertiary/aromatic N) is 2. The van der Waals surface area contributed by atoms with Gasteiger partial charge in [-0.05, 0) is 32.4 Å². The summed E-state index contributed by atoms with van der Waals surface area (Å²) in [5, 5.41) is 12.1. The molecule has 1 aromatic heterocycles. The minimum atomic E-state index is -0.863. The van der Waals surface area contributed by atoms with E-state index in [9.17, 15) is 14.7 Å². The number of benzene rings is 1. The number of imidazole rings is 1. The molecule has 2 amide bonds. The summed E-state index contributed by atoms with van der Waals surface area (Å²) in [5.74, 6) is -0.183. The van der Waals surface area contributed by atoms with Gasteiger partial charge >= 0.3 is 12.0 Å². The zero-order valence-electron chi connectivity index (χ0n) is 13.2. The molecule has 0 aliphatic carbocycles. The highest BCUT2D eigenvalue weighted by atomic mass is 16.4. The van der Waals surface area contributed by atoms with Crippen LogP contribution in [0.1, 0.15) is 32.1 Å². The van der Waals surface area contributed by atoms with Crippen LogP contribution in [0, 0.1) is 5.41 Å². The lowest BCUT2D eigenvalue weighted by Gasteiger charge is -2.22. The second-order valence-electron chi connectivity index (χ2n) is 6.35. The van der Waals surface area contributed by atoms with Crippen LogP contribution >= 0.6 is 0 Å². The number of H-pyrrole nitrogens is 1. The van der Waals surface area contributed by atoms with E-state index in [4.69, 9.17) is 0 Å². The molecule has 1 fully saturated rings. The van der Waals surface area contributed by atoms with Crippen LogP contribution in [0.2, 0.25) is 0 Å². The highest BCUT2D eigenvalue weighted by molar-refractivity contribution is 5.80. The highest BCUT2D eigenvalue weighted by Crippen LogP contribution is 2.30. The molecule has 1 aliphatic heterocycles. The molecule has 0 radical (unpaired) electrons. The molecular formula is C16H20N4O3. The summed E-state index contributed by atoms with van der Waals surface area (Å²) in [4.78, 5) is 32.8. The molecule has 122 valence electrons. The largest absolute Gasteiger partial charge is 0.481 e. The summed E-state index contributed by atoms with van der Waals surface area (Å²) < 4.78 is 0. The smallest absolute Gasteiger partial charge is 0.318 e. The normalized spacial score (nSPS) is 22.3. The van der Waals surface area contributed by atoms with Gasteiger partial charge in [0.2, 0.25) is 0 Å². The number of amides is 2. The molecule has 3 rings (SSSR count). The van der Waals surface area contributed by atoms with E-state index < -0.39 is 11.4 Å². The van der Waals surface area contributed by atoms with Gasteiger partial charge in [0.15, 0.2) is 0 Å². The lowest BCUT2D eigenvalue weighted by molar-refractivity contribution is -0.147. The summed E-state index contributed by atoms with van der Waals surface area (Å²) in [7, 11) is 0. The molecule has 0 spiro atoms. The number of urea groups is 1. The van der Waals surface area contributed by atoms with Crippen molar-refractivity contribution >= 4 is 23.0 Å². The molecule has 0 bridgehead atoms. The Hall–Kier alpha value is -2.57. The van der Waals surface area contributed by atoms with Gasteiger partial charge in [0.25, 0.3) is 0 Å². The van der Waals surface area contributed by atoms with E-state index in [0.29, 0.717) is 18.8 Å². The van der Waals surface area contributed by atoms with Crippen LogP contribution in [0.25, 0.3) is 11.0 Å². The molecule has 3 N–H and O–H groups in total. The number of carbonyl (C=O) groups excluding carboxylic acids is 1. The van der Waals surface area contributed by atoms with E-state index in [1.807, 2.05) is 31.2 Å². The topological polar surface area (TPSA) is 98.3 Å². The summed E-state index contributed by atoms with van der Waals surface area (Å²) in [6.45, 7) is 4.19. The maximum absolute atomic E-state index is 12.3. The molecule has 1 saturated heterocycles. The molecule has 2 heterocycles. The Balaban J connectivity index is 1.67. The third-order valence-electron chi connectivity index (χ3n) is 4.43. The minimum Gasteiger partial charge on any atom is -0.481 e. The Bertz CT molecular complexity index is 724. The SMILES string of the molecule is CC(NC(=O)N1CCC(C)(C(=O)O)C1)c1nc2ccccc2[nH]1. The van der Waals surface area contributed by atoms with Crippen molar-refractivity contribution in [3.05, 3.63) is 30.1 Å². The van der Waals surface area contributed by atoms with Crippen LogP contribution in [0.5, 0.6) is 0 Å². The van der Waals surface area contributed by atoms with Crippen molar-refractivity contribution < 1.29 is 14.7 Å². The number of carboxylic acid groups (broad SMARTS) is 1. The quantitative estimate of drug-likeness (QED) is 0.808. The Morgan fingerprint density at radius 1 is 1.43 bits per heavy atom. The van der Waals surface area contributed by atoms with Gasteiger partial charge in [-0.1, -0.05) is 12.1 Å². The van der Waals surface area contributed by atoms with Crippen molar-refractivity contribution in [3.63, 3.8) is 0 Å². The van der Waals surface area contributed by atoms with Crippen molar-refractivity contribution in [1.29, 1.82) is 0 Å². The molecule has 2 unspecified atom stereocenters. The highest BCUT2D eigenvalue weighted by Gasteiger charge is 2.42. The number of aliphatic carboxylic acids is 1. The van der Waals surface area contributed by atoms with Gasteiger partial charge in [0.1, 0.15) is 5.82 Å². The van der Waals surface area contributed by atoms with Crippen molar-refractivity contribution in [3.8, 4) is 0 Å². The van der Waals surface area contributed by atoms with Gasteiger partial charge in [-0.15, -0.1) is 0 Å². The third kappa shape index (κ3) is 2.86. The average molecular weight is 316 g/mol. The number of fused-ring (bicyclic) bond motifs is 1. The van der Waals surface area contributed by atoms with Crippen molar-refractivity contribution in [2.75, 3.05) is 13.1 Å². The second-order valence-corrected chi connectivity index (χ2v) is 6.35. The molecule has 0 saturated carbocycles. The zero-order valence-corrected chi connectivity index (χ0v) is 13.2. The summed E-state index contributed by atoms with van der Waals surface area (Å²) in [6.07, 6.45) is 0.467. The summed E-state index contributed by atoms with van der Waals surface area (Å²) in [5.41, 5.74) is 0.909. The first-order chi connectivity index (χ1) is 10.9. The van der Waals surface area contributed by atoms with Gasteiger partial charge in [0, 0.05) is 13.1 Å². The number of carboxylic acids is 1. The van der Waals surface area contributed by atoms with Crippen LogP contribution in [-0.2, 0) is 4.79 Å². The van der Waals surface area contributed by atoms with Crippen LogP contribution < -0.4 is 5.32 Å². The molecule has 1 aromatic carbocycles. The fraction of sp³-hybridized carbons (Fsp3) is 0.438. The summed E-state index contributed by atoms with van der Waals surface area (Å²) in [6, 6.07) is 7.12. The summed E-state index contributed by atoms with van der Waals surface area (Å²) >= 11 is 0. The van der Waals surface area contributed by atoms with E-state index in [-0.39, 0.29) is 18.6 Å². The van der Waals surface area contributed by atoms with Crippen LogP contribution in [0.15, 0.2) is 24.3 Å². The lowest BCUT2D eigenvalue weighted by atomic mass is 9.90. The molecule has 7 nitrogen and oxygen atoms in total. The van der Waals surface area contributed by atoms with Gasteiger partial charge in [-0.25, -0.2) is 9.78 Å². The molecule has 2 atom stereocenters. The Labute approximate surface area is 133 Å². The van der Waals surface area contributed by atoms with Gasteiger partial charge in [-0.2, -0.15) is 0 Å². The van der Waals surface area contributed by atoms with E-state index in [1.54, 1.807) is 11.8 Å². The van der Waals surface area contributed by atoms with Gasteiger partial charge in [0.05, 0.1) is 22.5 Å². The van der Waals surface area contributed by atoms with Crippen molar-refractivity contribution in [1.82, 2.24) is 20.2 Å². The van der Waals surface area contributed by atoms with Crippen LogP contribution in [-0.4, -0.2) is 45.1 Å². The number of carbonyl (C=O) groups is 2. The van der Waals surface area contributed by atoms with Crippen LogP contribution in [0.4, 0.5) is 4.79 Å². The monoisotopic (exact) mass is 316 g/mol. The minimum absolute atomic E-state index is 0.223. The predicted octanol–water partition coefficient (Wildman–Crippen LogP) is 2.13. The predicted molar refractivity (Wildman–Crippen MR) is 85.0 cm³/mol. The number of hydrogen-bond donors (Lipinski definition) is 3. The molecule has 7 heteroatoms. The van der Waals surface area contributed by atoms with E-state index in [1.165, 1.54) is 0 Å². The molecular weight excluding hydrogens is 296 g/mol. The Morgan fingerprint density at radius 3 is 2.83 bits per heavy atom. The standard InChI is InChI=1S/C16H20N4O3/c1-10(13-18-11-5-3-4-6-12(11)19-13)17-15(23)20-8-7-16(2,9-20)14(21)22/h3-6,10H,7-9H2,1-2H3,(H,17,23)(H,18,19)(H,21,22). The Morgan fingerprint density at radius 2 is 2.17 bits per heavy atom. The maximum atomic E-state index is 12.3. The number of hydrogen-bond acceptors (Lipinski definition) is 3. The van der Waals surface area contributed by atoms with Crippen molar-refractivity contribution in [2.24, 2.45) is 5.41 Å². The van der Waals surface area contributed by atoms with Gasteiger partial charge < -0.3 is 20.3 Å². The number of nitrogens with one attached hydrogen (secondary N) is 2. The molecule has 1 aliphatic rings. The Kier molecular flexibility index (Phi) is 3.71. The van der Waals surface area contributed by atoms with Crippen molar-refractivity contribution in [2.45, 2.75) is 26.3 Å². The number of aromatic nitrogens is 2. The number of rotatable bonds is 3. The maximum Gasteiger partial charge on any atom is 0.318 e. The number of likely N-dealkylation sites (tertiary alicyclic amines) is 1. The van der Waals surface area contributed by atoms with Gasteiger partial charge in [-0.3, -0.25) is 4.79 Å². The molecule has 23 heavy (non-hydrogen) atoms. The van der Waals surface area contributed by atoms with E-state index in [2.05, 4.69) is 15.3 Å². The number of para-hydroxylation sites is 2. The number of aromatic amines is 1. The first kappa shape index (κ1) is 15.3. The first-order valence-electron chi connectivity index (χ1n) is 7.62. The van der Waals surface area contributed by atoms with Crippen LogP contribution in [0.3, 0.4) is 0 Å². The molecule has 2 aromatic rings. The lowest BCUT2D eigenvalue weighted by Crippen LogP contribution is -2.42. The third-order valence-corrected chi connectivity index (χ3v) is 4.43. The first-order valence-corrected chi connectivity index (χ1v) is 7.62. The van der Waals surface area contributed by atoms with E-state index >= 15 is 0 Å². The fourth-order valence-electron chi connectivity index (χ4n) is 2.83. The average Bonchev–Trinajstić information content (AvgIpc) is 3.11. The fourth-order valence-corrected chi connectivity index (χ4v) is 2.83. The second kappa shape index (κ2) is 5.57. The van der Waals surface area contributed by atoms with E-state index in [0.717, 1.165) is 11.0 Å².